The average Bonchev–Trinajstić information content (AvgIpc) is 3.36. The van der Waals surface area contributed by atoms with Crippen molar-refractivity contribution in [2.75, 3.05) is 0 Å². The van der Waals surface area contributed by atoms with Crippen LogP contribution in [-0.4, -0.2) is 31.0 Å². The molecule has 4 rings (SSSR count). The van der Waals surface area contributed by atoms with Gasteiger partial charge in [0, 0.05) is 17.4 Å². The van der Waals surface area contributed by atoms with Crippen LogP contribution in [-0.2, 0) is 0 Å². The highest BCUT2D eigenvalue weighted by Gasteiger charge is 2.39. The summed E-state index contributed by atoms with van der Waals surface area (Å²) in [6.07, 6.45) is 5.67. The number of hydrogen-bond donors (Lipinski definition) is 1. The molecule has 3 aromatic rings. The van der Waals surface area contributed by atoms with E-state index in [-0.39, 0.29) is 11.4 Å². The average molecular weight is 335 g/mol. The standard InChI is InChI=1S/C19H21N5O/c1-12-10-16(15-6-4-5-9-20-15)24-17(22-12)14(11-21-24)18(25)23-19(2,3)13-7-8-13/h4-6,9-11,13H,7-8H2,1-3H3,(H,23,25). The van der Waals surface area contributed by atoms with Gasteiger partial charge in [-0.1, -0.05) is 6.07 Å². The van der Waals surface area contributed by atoms with E-state index in [0.29, 0.717) is 17.1 Å². The van der Waals surface area contributed by atoms with Gasteiger partial charge in [-0.2, -0.15) is 5.10 Å². The molecule has 128 valence electrons. The SMILES string of the molecule is Cc1cc(-c2ccccn2)n2ncc(C(=O)NC(C)(C)C3CC3)c2n1. The Balaban J connectivity index is 1.77. The summed E-state index contributed by atoms with van der Waals surface area (Å²) in [5.41, 5.74) is 3.29. The van der Waals surface area contributed by atoms with Crippen molar-refractivity contribution in [1.29, 1.82) is 0 Å². The quantitative estimate of drug-likeness (QED) is 0.795. The van der Waals surface area contributed by atoms with Crippen LogP contribution in [0.4, 0.5) is 0 Å². The molecule has 3 heterocycles. The zero-order valence-electron chi connectivity index (χ0n) is 14.7. The molecular weight excluding hydrogens is 314 g/mol. The largest absolute Gasteiger partial charge is 0.347 e. The molecule has 1 aliphatic rings. The molecule has 25 heavy (non-hydrogen) atoms. The van der Waals surface area contributed by atoms with Crippen molar-refractivity contribution in [1.82, 2.24) is 24.9 Å². The number of hydrogen-bond acceptors (Lipinski definition) is 4. The van der Waals surface area contributed by atoms with Crippen LogP contribution in [0.2, 0.25) is 0 Å². The van der Waals surface area contributed by atoms with Gasteiger partial charge in [0.2, 0.25) is 0 Å². The monoisotopic (exact) mass is 335 g/mol. The Morgan fingerprint density at radius 2 is 2.12 bits per heavy atom. The Morgan fingerprint density at radius 3 is 2.80 bits per heavy atom. The van der Waals surface area contributed by atoms with Crippen LogP contribution in [0.1, 0.15) is 42.7 Å². The molecule has 0 aromatic carbocycles. The number of nitrogens with one attached hydrogen (secondary N) is 1. The summed E-state index contributed by atoms with van der Waals surface area (Å²) in [4.78, 5) is 21.7. The fraction of sp³-hybridized carbons (Fsp3) is 0.368. The normalized spacial score (nSPS) is 14.7. The predicted molar refractivity (Wildman–Crippen MR) is 95.2 cm³/mol. The lowest BCUT2D eigenvalue weighted by atomic mass is 9.98. The smallest absolute Gasteiger partial charge is 0.257 e. The number of pyridine rings is 1. The molecule has 1 aliphatic carbocycles. The van der Waals surface area contributed by atoms with E-state index in [0.717, 1.165) is 17.1 Å². The second kappa shape index (κ2) is 5.65. The van der Waals surface area contributed by atoms with Gasteiger partial charge in [-0.3, -0.25) is 9.78 Å². The van der Waals surface area contributed by atoms with E-state index in [1.807, 2.05) is 31.2 Å². The van der Waals surface area contributed by atoms with Gasteiger partial charge in [-0.05, 0) is 57.7 Å². The van der Waals surface area contributed by atoms with Gasteiger partial charge in [-0.15, -0.1) is 0 Å². The molecule has 3 aromatic heterocycles. The molecule has 0 unspecified atom stereocenters. The minimum absolute atomic E-state index is 0.128. The zero-order chi connectivity index (χ0) is 17.6. The third kappa shape index (κ3) is 2.88. The molecule has 0 atom stereocenters. The summed E-state index contributed by atoms with van der Waals surface area (Å²) >= 11 is 0. The van der Waals surface area contributed by atoms with E-state index in [4.69, 9.17) is 0 Å². The molecule has 0 aliphatic heterocycles. The number of fused-ring (bicyclic) bond motifs is 1. The van der Waals surface area contributed by atoms with Crippen LogP contribution >= 0.6 is 0 Å². The van der Waals surface area contributed by atoms with Crippen LogP contribution in [0.3, 0.4) is 0 Å². The molecule has 0 saturated heterocycles. The van der Waals surface area contributed by atoms with E-state index >= 15 is 0 Å². The van der Waals surface area contributed by atoms with Crippen molar-refractivity contribution in [3.8, 4) is 11.4 Å². The van der Waals surface area contributed by atoms with Gasteiger partial charge >= 0.3 is 0 Å². The van der Waals surface area contributed by atoms with Crippen LogP contribution in [0.5, 0.6) is 0 Å². The molecular formula is C19H21N5O. The Labute approximate surface area is 146 Å². The topological polar surface area (TPSA) is 72.2 Å². The van der Waals surface area contributed by atoms with Crippen LogP contribution in [0.15, 0.2) is 36.7 Å². The highest BCUT2D eigenvalue weighted by molar-refractivity contribution is 6.00. The van der Waals surface area contributed by atoms with Crippen molar-refractivity contribution in [2.24, 2.45) is 5.92 Å². The molecule has 0 spiro atoms. The first-order valence-electron chi connectivity index (χ1n) is 8.55. The molecule has 0 bridgehead atoms. The minimum atomic E-state index is -0.209. The molecule has 6 heteroatoms. The maximum Gasteiger partial charge on any atom is 0.257 e. The zero-order valence-corrected chi connectivity index (χ0v) is 14.7. The Kier molecular flexibility index (Phi) is 3.56. The van der Waals surface area contributed by atoms with Crippen LogP contribution < -0.4 is 5.32 Å². The van der Waals surface area contributed by atoms with Crippen molar-refractivity contribution in [3.05, 3.63) is 47.9 Å². The lowest BCUT2D eigenvalue weighted by Gasteiger charge is -2.25. The second-order valence-electron chi connectivity index (χ2n) is 7.24. The number of rotatable bonds is 4. The van der Waals surface area contributed by atoms with Crippen LogP contribution in [0.25, 0.3) is 17.0 Å². The summed E-state index contributed by atoms with van der Waals surface area (Å²) in [5, 5.41) is 7.54. The van der Waals surface area contributed by atoms with Gasteiger partial charge in [0.15, 0.2) is 5.65 Å². The maximum absolute atomic E-state index is 12.8. The number of carbonyl (C=O) groups is 1. The van der Waals surface area contributed by atoms with Crippen molar-refractivity contribution >= 4 is 11.6 Å². The Bertz CT molecular complexity index is 941. The number of aromatic nitrogens is 4. The first-order valence-corrected chi connectivity index (χ1v) is 8.55. The molecule has 1 fully saturated rings. The number of carbonyl (C=O) groups excluding carboxylic acids is 1. The van der Waals surface area contributed by atoms with E-state index in [9.17, 15) is 4.79 Å². The van der Waals surface area contributed by atoms with Crippen LogP contribution in [0, 0.1) is 12.8 Å². The minimum Gasteiger partial charge on any atom is -0.347 e. The molecule has 6 nitrogen and oxygen atoms in total. The van der Waals surface area contributed by atoms with Gasteiger partial charge in [-0.25, -0.2) is 9.50 Å². The summed E-state index contributed by atoms with van der Waals surface area (Å²) < 4.78 is 1.69. The molecule has 0 radical (unpaired) electrons. The first-order chi connectivity index (χ1) is 12.0. The summed E-state index contributed by atoms with van der Waals surface area (Å²) in [7, 11) is 0. The molecule has 1 saturated carbocycles. The summed E-state index contributed by atoms with van der Waals surface area (Å²) in [6, 6.07) is 7.65. The van der Waals surface area contributed by atoms with Gasteiger partial charge < -0.3 is 5.32 Å². The van der Waals surface area contributed by atoms with Gasteiger partial charge in [0.25, 0.3) is 5.91 Å². The number of amides is 1. The highest BCUT2D eigenvalue weighted by Crippen LogP contribution is 2.39. The number of nitrogens with zero attached hydrogens (tertiary/aromatic N) is 4. The van der Waals surface area contributed by atoms with Crippen molar-refractivity contribution in [2.45, 2.75) is 39.2 Å². The lowest BCUT2D eigenvalue weighted by Crippen LogP contribution is -2.45. The first kappa shape index (κ1) is 15.7. The van der Waals surface area contributed by atoms with E-state index < -0.39 is 0 Å². The molecule has 1 N–H and O–H groups in total. The predicted octanol–water partition coefficient (Wildman–Crippen LogP) is 3.02. The third-order valence-corrected chi connectivity index (χ3v) is 4.81. The van der Waals surface area contributed by atoms with E-state index in [1.165, 1.54) is 12.8 Å². The summed E-state index contributed by atoms with van der Waals surface area (Å²) in [5.74, 6) is 0.425. The van der Waals surface area contributed by atoms with Gasteiger partial charge in [0.1, 0.15) is 5.56 Å². The highest BCUT2D eigenvalue weighted by atomic mass is 16.1. The second-order valence-corrected chi connectivity index (χ2v) is 7.24. The fourth-order valence-corrected chi connectivity index (χ4v) is 3.21. The fourth-order valence-electron chi connectivity index (χ4n) is 3.21. The van der Waals surface area contributed by atoms with Crippen molar-refractivity contribution in [3.63, 3.8) is 0 Å². The maximum atomic E-state index is 12.8. The molecule has 1 amide bonds. The lowest BCUT2D eigenvalue weighted by molar-refractivity contribution is 0.0905. The third-order valence-electron chi connectivity index (χ3n) is 4.81. The Hall–Kier alpha value is -2.76. The van der Waals surface area contributed by atoms with Crippen molar-refractivity contribution < 1.29 is 4.79 Å². The Morgan fingerprint density at radius 1 is 1.32 bits per heavy atom. The summed E-state index contributed by atoms with van der Waals surface area (Å²) in [6.45, 7) is 6.06. The number of aryl methyl sites for hydroxylation is 1. The van der Waals surface area contributed by atoms with Gasteiger partial charge in [0.05, 0.1) is 17.6 Å². The van der Waals surface area contributed by atoms with E-state index in [1.54, 1.807) is 16.9 Å². The van der Waals surface area contributed by atoms with E-state index in [2.05, 4.69) is 34.2 Å².